The Bertz CT molecular complexity index is 489. The van der Waals surface area contributed by atoms with E-state index >= 15 is 0 Å². The first-order valence-corrected chi connectivity index (χ1v) is 8.29. The van der Waals surface area contributed by atoms with Gasteiger partial charge < -0.3 is 10.6 Å². The number of halogens is 1. The summed E-state index contributed by atoms with van der Waals surface area (Å²) in [4.78, 5) is 6.74. The quantitative estimate of drug-likeness (QED) is 0.893. The number of anilines is 1. The van der Waals surface area contributed by atoms with Gasteiger partial charge in [0, 0.05) is 10.2 Å². The van der Waals surface area contributed by atoms with E-state index < -0.39 is 0 Å². The lowest BCUT2D eigenvalue weighted by atomic mass is 9.79. The van der Waals surface area contributed by atoms with E-state index in [2.05, 4.69) is 57.0 Å². The second kappa shape index (κ2) is 5.76. The zero-order valence-corrected chi connectivity index (χ0v) is 13.5. The summed E-state index contributed by atoms with van der Waals surface area (Å²) >= 11 is 3.49. The molecular formula is C16H22BrN3. The lowest BCUT2D eigenvalue weighted by Gasteiger charge is -2.36. The molecule has 1 atom stereocenters. The topological polar surface area (TPSA) is 41.6 Å². The second-order valence-electron chi connectivity index (χ2n) is 6.13. The van der Waals surface area contributed by atoms with Crippen molar-refractivity contribution < 1.29 is 0 Å². The molecule has 0 spiro atoms. The number of hydrogen-bond donors (Lipinski definition) is 1. The second-order valence-corrected chi connectivity index (χ2v) is 7.05. The van der Waals surface area contributed by atoms with E-state index in [1.54, 1.807) is 0 Å². The minimum Gasteiger partial charge on any atom is -0.370 e. The molecular weight excluding hydrogens is 314 g/mol. The van der Waals surface area contributed by atoms with Crippen LogP contribution in [0.2, 0.25) is 0 Å². The van der Waals surface area contributed by atoms with Crippen molar-refractivity contribution in [2.45, 2.75) is 38.6 Å². The van der Waals surface area contributed by atoms with Crippen LogP contribution in [0.25, 0.3) is 0 Å². The maximum absolute atomic E-state index is 6.14. The number of hydrogen-bond acceptors (Lipinski definition) is 3. The van der Waals surface area contributed by atoms with Gasteiger partial charge in [-0.05, 0) is 48.9 Å². The highest BCUT2D eigenvalue weighted by atomic mass is 79.9. The molecule has 1 aromatic carbocycles. The van der Waals surface area contributed by atoms with E-state index in [0.29, 0.717) is 12.0 Å². The lowest BCUT2D eigenvalue weighted by molar-refractivity contribution is 0.261. The van der Waals surface area contributed by atoms with Gasteiger partial charge in [-0.3, -0.25) is 4.99 Å². The largest absolute Gasteiger partial charge is 0.370 e. The van der Waals surface area contributed by atoms with Crippen LogP contribution >= 0.6 is 15.9 Å². The van der Waals surface area contributed by atoms with E-state index in [9.17, 15) is 0 Å². The summed E-state index contributed by atoms with van der Waals surface area (Å²) in [5.41, 5.74) is 7.30. The van der Waals surface area contributed by atoms with E-state index in [4.69, 9.17) is 5.73 Å². The average molecular weight is 336 g/mol. The number of benzene rings is 1. The van der Waals surface area contributed by atoms with Crippen LogP contribution in [0.1, 0.15) is 32.6 Å². The summed E-state index contributed by atoms with van der Waals surface area (Å²) in [6, 6.07) is 8.83. The molecule has 2 N–H and O–H groups in total. The van der Waals surface area contributed by atoms with Crippen molar-refractivity contribution in [3.8, 4) is 0 Å². The zero-order chi connectivity index (χ0) is 14.1. The molecule has 20 heavy (non-hydrogen) atoms. The number of guanidine groups is 1. The predicted octanol–water partition coefficient (Wildman–Crippen LogP) is 3.78. The molecule has 3 rings (SSSR count). The fourth-order valence-electron chi connectivity index (χ4n) is 3.47. The normalized spacial score (nSPS) is 30.4. The minimum atomic E-state index is 0.448. The van der Waals surface area contributed by atoms with Crippen molar-refractivity contribution >= 4 is 27.6 Å². The highest BCUT2D eigenvalue weighted by Gasteiger charge is 2.35. The average Bonchev–Trinajstić information content (AvgIpc) is 2.83. The van der Waals surface area contributed by atoms with Crippen LogP contribution in [0.3, 0.4) is 0 Å². The third kappa shape index (κ3) is 2.71. The summed E-state index contributed by atoms with van der Waals surface area (Å²) in [5, 5.41) is 0. The maximum atomic E-state index is 6.14. The van der Waals surface area contributed by atoms with Crippen LogP contribution in [0, 0.1) is 11.8 Å². The van der Waals surface area contributed by atoms with Gasteiger partial charge in [0.2, 0.25) is 0 Å². The van der Waals surface area contributed by atoms with Gasteiger partial charge in [-0.2, -0.15) is 0 Å². The molecule has 3 nitrogen and oxygen atoms in total. The molecule has 4 heteroatoms. The van der Waals surface area contributed by atoms with E-state index in [0.717, 1.165) is 28.5 Å². The molecule has 0 radical (unpaired) electrons. The molecule has 1 aromatic rings. The van der Waals surface area contributed by atoms with Crippen LogP contribution in [0.5, 0.6) is 0 Å². The molecule has 0 saturated heterocycles. The summed E-state index contributed by atoms with van der Waals surface area (Å²) in [7, 11) is 0. The van der Waals surface area contributed by atoms with Crippen molar-refractivity contribution in [3.63, 3.8) is 0 Å². The third-order valence-corrected chi connectivity index (χ3v) is 5.26. The Hall–Kier alpha value is -1.03. The van der Waals surface area contributed by atoms with Gasteiger partial charge in [-0.1, -0.05) is 35.7 Å². The van der Waals surface area contributed by atoms with Crippen LogP contribution < -0.4 is 10.6 Å². The molecule has 1 aliphatic carbocycles. The van der Waals surface area contributed by atoms with Gasteiger partial charge in [0.15, 0.2) is 5.96 Å². The predicted molar refractivity (Wildman–Crippen MR) is 88.0 cm³/mol. The third-order valence-electron chi connectivity index (χ3n) is 4.73. The first-order valence-electron chi connectivity index (χ1n) is 7.50. The molecule has 1 unspecified atom stereocenters. The van der Waals surface area contributed by atoms with Gasteiger partial charge in [0.1, 0.15) is 0 Å². The molecule has 108 valence electrons. The van der Waals surface area contributed by atoms with Gasteiger partial charge in [-0.15, -0.1) is 0 Å². The van der Waals surface area contributed by atoms with Crippen LogP contribution in [0.4, 0.5) is 5.69 Å². The zero-order valence-electron chi connectivity index (χ0n) is 11.9. The number of rotatable bonds is 2. The summed E-state index contributed by atoms with van der Waals surface area (Å²) in [6.45, 7) is 3.21. The highest BCUT2D eigenvalue weighted by Crippen LogP contribution is 2.35. The van der Waals surface area contributed by atoms with Crippen molar-refractivity contribution in [2.24, 2.45) is 22.6 Å². The van der Waals surface area contributed by atoms with Gasteiger partial charge in [-0.25, -0.2) is 0 Å². The molecule has 1 heterocycles. The first-order chi connectivity index (χ1) is 9.65. The van der Waals surface area contributed by atoms with Crippen molar-refractivity contribution in [1.82, 2.24) is 0 Å². The fraction of sp³-hybridized carbons (Fsp3) is 0.562. The van der Waals surface area contributed by atoms with Crippen LogP contribution in [-0.2, 0) is 0 Å². The standard InChI is InChI=1S/C16H22BrN3/c1-11-2-4-12(5-3-11)15-10-19-16(18)20(15)14-8-6-13(17)7-9-14/h6-9,11-12,15H,2-5,10H2,1H3,(H2,18,19). The Kier molecular flexibility index (Phi) is 4.01. The van der Waals surface area contributed by atoms with E-state index in [1.165, 1.54) is 25.7 Å². The smallest absolute Gasteiger partial charge is 0.196 e. The molecule has 1 aliphatic heterocycles. The molecule has 0 bridgehead atoms. The van der Waals surface area contributed by atoms with Crippen molar-refractivity contribution in [1.29, 1.82) is 0 Å². The Morgan fingerprint density at radius 3 is 2.45 bits per heavy atom. The fourth-order valence-corrected chi connectivity index (χ4v) is 3.74. The molecule has 0 amide bonds. The number of nitrogens with two attached hydrogens (primary N) is 1. The highest BCUT2D eigenvalue weighted by molar-refractivity contribution is 9.10. The first kappa shape index (κ1) is 13.9. The number of aliphatic imine (C=N–C) groups is 1. The SMILES string of the molecule is CC1CCC(C2CN=C(N)N2c2ccc(Br)cc2)CC1. The van der Waals surface area contributed by atoms with E-state index in [-0.39, 0.29) is 0 Å². The monoisotopic (exact) mass is 335 g/mol. The van der Waals surface area contributed by atoms with Gasteiger partial charge >= 0.3 is 0 Å². The summed E-state index contributed by atoms with van der Waals surface area (Å²) < 4.78 is 1.10. The Labute approximate surface area is 129 Å². The van der Waals surface area contributed by atoms with Gasteiger partial charge in [0.25, 0.3) is 0 Å². The summed E-state index contributed by atoms with van der Waals surface area (Å²) in [6.07, 6.45) is 5.30. The molecule has 0 aromatic heterocycles. The Morgan fingerprint density at radius 2 is 1.80 bits per heavy atom. The molecule has 1 saturated carbocycles. The van der Waals surface area contributed by atoms with Crippen molar-refractivity contribution in [3.05, 3.63) is 28.7 Å². The molecule has 2 aliphatic rings. The Balaban J connectivity index is 1.79. The Morgan fingerprint density at radius 1 is 1.15 bits per heavy atom. The maximum Gasteiger partial charge on any atom is 0.196 e. The lowest BCUT2D eigenvalue weighted by Crippen LogP contribution is -2.45. The number of nitrogens with zero attached hydrogens (tertiary/aromatic N) is 2. The van der Waals surface area contributed by atoms with E-state index in [1.807, 2.05) is 0 Å². The van der Waals surface area contributed by atoms with Gasteiger partial charge in [0.05, 0.1) is 12.6 Å². The van der Waals surface area contributed by atoms with Crippen molar-refractivity contribution in [2.75, 3.05) is 11.4 Å². The minimum absolute atomic E-state index is 0.448. The van der Waals surface area contributed by atoms with Crippen LogP contribution in [-0.4, -0.2) is 18.5 Å². The summed E-state index contributed by atoms with van der Waals surface area (Å²) in [5.74, 6) is 2.28. The van der Waals surface area contributed by atoms with Crippen LogP contribution in [0.15, 0.2) is 33.7 Å². The molecule has 1 fully saturated rings.